The van der Waals surface area contributed by atoms with Gasteiger partial charge in [0, 0.05) is 18.3 Å². The lowest BCUT2D eigenvalue weighted by atomic mass is 10.2. The molecule has 1 amide bonds. The molecule has 0 aliphatic rings. The smallest absolute Gasteiger partial charge is 0.323 e. The predicted octanol–water partition coefficient (Wildman–Crippen LogP) is 4.18. The third-order valence-electron chi connectivity index (χ3n) is 3.03. The van der Waals surface area contributed by atoms with Gasteiger partial charge in [0.1, 0.15) is 0 Å². The van der Waals surface area contributed by atoms with Gasteiger partial charge in [-0.15, -0.1) is 0 Å². The third kappa shape index (κ3) is 4.50. The second-order valence-electron chi connectivity index (χ2n) is 4.69. The number of amides is 1. The normalized spacial score (nSPS) is 11.3. The number of carbonyl (C=O) groups is 1. The summed E-state index contributed by atoms with van der Waals surface area (Å²) >= 11 is 11.7. The van der Waals surface area contributed by atoms with Crippen LogP contribution in [0.15, 0.2) is 24.4 Å². The number of hydrogen-bond acceptors (Lipinski definition) is 5. The summed E-state index contributed by atoms with van der Waals surface area (Å²) in [7, 11) is 2.31. The van der Waals surface area contributed by atoms with Crippen molar-refractivity contribution in [2.45, 2.75) is 6.18 Å². The average molecular weight is 395 g/mol. The van der Waals surface area contributed by atoms with Crippen LogP contribution in [0.5, 0.6) is 0 Å². The zero-order chi connectivity index (χ0) is 18.8. The molecule has 0 aliphatic carbocycles. The van der Waals surface area contributed by atoms with Crippen molar-refractivity contribution in [3.8, 4) is 0 Å². The van der Waals surface area contributed by atoms with Crippen molar-refractivity contribution >= 4 is 40.7 Å². The van der Waals surface area contributed by atoms with Gasteiger partial charge in [-0.1, -0.05) is 23.2 Å². The number of benzene rings is 1. The summed E-state index contributed by atoms with van der Waals surface area (Å²) in [6.45, 7) is 0. The first kappa shape index (κ1) is 19.2. The maximum Gasteiger partial charge on any atom is 0.434 e. The fourth-order valence-corrected chi connectivity index (χ4v) is 2.23. The maximum absolute atomic E-state index is 13.3. The monoisotopic (exact) mass is 394 g/mol. The van der Waals surface area contributed by atoms with E-state index in [0.29, 0.717) is 10.1 Å². The molecule has 6 nitrogen and oxygen atoms in total. The zero-order valence-corrected chi connectivity index (χ0v) is 14.4. The number of aromatic nitrogens is 2. The number of halogens is 5. The van der Waals surface area contributed by atoms with Crippen molar-refractivity contribution in [1.82, 2.24) is 15.0 Å². The van der Waals surface area contributed by atoms with Crippen LogP contribution in [0.4, 0.5) is 24.8 Å². The standard InChI is InChI=1S/C14H11Cl2F3N4O2/c1-23(25-2)12(24)8-6-20-13(22-11(8)14(17,18)19)21-10-4-3-7(15)5-9(10)16/h3-6H,1-2H3,(H,20,21,22). The first-order valence-corrected chi connectivity index (χ1v) is 7.37. The Kier molecular flexibility index (Phi) is 5.71. The van der Waals surface area contributed by atoms with Gasteiger partial charge >= 0.3 is 6.18 Å². The van der Waals surface area contributed by atoms with Crippen molar-refractivity contribution in [3.05, 3.63) is 45.7 Å². The highest BCUT2D eigenvalue weighted by Crippen LogP contribution is 2.32. The van der Waals surface area contributed by atoms with Crippen LogP contribution in [-0.4, -0.2) is 35.1 Å². The second-order valence-corrected chi connectivity index (χ2v) is 5.53. The number of hydroxylamine groups is 2. The Bertz CT molecular complexity index is 802. The molecule has 11 heteroatoms. The lowest BCUT2D eigenvalue weighted by Gasteiger charge is -2.17. The lowest BCUT2D eigenvalue weighted by Crippen LogP contribution is -2.29. The van der Waals surface area contributed by atoms with Gasteiger partial charge in [0.25, 0.3) is 5.91 Å². The molecular weight excluding hydrogens is 384 g/mol. The van der Waals surface area contributed by atoms with Crippen LogP contribution in [0.3, 0.4) is 0 Å². The van der Waals surface area contributed by atoms with E-state index in [0.717, 1.165) is 13.3 Å². The molecule has 134 valence electrons. The molecule has 1 heterocycles. The van der Waals surface area contributed by atoms with Crippen LogP contribution in [0, 0.1) is 0 Å². The summed E-state index contributed by atoms with van der Waals surface area (Å²) < 4.78 is 39.8. The van der Waals surface area contributed by atoms with E-state index in [9.17, 15) is 18.0 Å². The van der Waals surface area contributed by atoms with Crippen molar-refractivity contribution in [2.24, 2.45) is 0 Å². The minimum absolute atomic E-state index is 0.170. The number of hydrogen-bond donors (Lipinski definition) is 1. The number of rotatable bonds is 4. The molecule has 0 spiro atoms. The fourth-order valence-electron chi connectivity index (χ4n) is 1.78. The molecule has 0 radical (unpaired) electrons. The fraction of sp³-hybridized carbons (Fsp3) is 0.214. The summed E-state index contributed by atoms with van der Waals surface area (Å²) in [5.74, 6) is -1.42. The molecule has 0 saturated carbocycles. The second kappa shape index (κ2) is 7.42. The highest BCUT2D eigenvalue weighted by molar-refractivity contribution is 6.36. The van der Waals surface area contributed by atoms with Gasteiger partial charge in [-0.25, -0.2) is 15.0 Å². The topological polar surface area (TPSA) is 67.3 Å². The zero-order valence-electron chi connectivity index (χ0n) is 12.9. The Balaban J connectivity index is 2.44. The van der Waals surface area contributed by atoms with Crippen LogP contribution in [0.25, 0.3) is 0 Å². The number of nitrogens with one attached hydrogen (secondary N) is 1. The van der Waals surface area contributed by atoms with E-state index in [1.807, 2.05) is 0 Å². The van der Waals surface area contributed by atoms with E-state index in [2.05, 4.69) is 20.1 Å². The molecule has 0 fully saturated rings. The summed E-state index contributed by atoms with van der Waals surface area (Å²) in [4.78, 5) is 23.7. The number of alkyl halides is 3. The van der Waals surface area contributed by atoms with Crippen LogP contribution in [0.1, 0.15) is 16.1 Å². The van der Waals surface area contributed by atoms with Crippen LogP contribution < -0.4 is 5.32 Å². The van der Waals surface area contributed by atoms with E-state index < -0.39 is 23.3 Å². The molecule has 0 saturated heterocycles. The van der Waals surface area contributed by atoms with Gasteiger partial charge in [0.2, 0.25) is 5.95 Å². The third-order valence-corrected chi connectivity index (χ3v) is 3.57. The maximum atomic E-state index is 13.3. The Morgan fingerprint density at radius 1 is 1.32 bits per heavy atom. The lowest BCUT2D eigenvalue weighted by molar-refractivity contribution is -0.142. The highest BCUT2D eigenvalue weighted by Gasteiger charge is 2.39. The summed E-state index contributed by atoms with van der Waals surface area (Å²) in [6.07, 6.45) is -4.11. The van der Waals surface area contributed by atoms with E-state index in [4.69, 9.17) is 23.2 Å². The molecule has 1 aromatic heterocycles. The number of nitrogens with zero attached hydrogens (tertiary/aromatic N) is 3. The van der Waals surface area contributed by atoms with Gasteiger partial charge in [-0.05, 0) is 18.2 Å². The van der Waals surface area contributed by atoms with E-state index >= 15 is 0 Å². The summed E-state index contributed by atoms with van der Waals surface area (Å²) in [6, 6.07) is 4.35. The molecule has 0 aliphatic heterocycles. The summed E-state index contributed by atoms with van der Waals surface area (Å²) in [5, 5.41) is 3.72. The Morgan fingerprint density at radius 2 is 2.00 bits per heavy atom. The molecule has 2 aromatic rings. The van der Waals surface area contributed by atoms with Crippen molar-refractivity contribution in [3.63, 3.8) is 0 Å². The van der Waals surface area contributed by atoms with Gasteiger partial charge in [-0.3, -0.25) is 9.63 Å². The Hall–Kier alpha value is -2.10. The Labute approximate surface area is 150 Å². The molecule has 1 N–H and O–H groups in total. The number of anilines is 2. The molecule has 0 bridgehead atoms. The molecule has 25 heavy (non-hydrogen) atoms. The van der Waals surface area contributed by atoms with E-state index in [1.54, 1.807) is 0 Å². The highest BCUT2D eigenvalue weighted by atomic mass is 35.5. The minimum atomic E-state index is -4.87. The first-order valence-electron chi connectivity index (χ1n) is 6.62. The predicted molar refractivity (Wildman–Crippen MR) is 85.9 cm³/mol. The first-order chi connectivity index (χ1) is 11.6. The van der Waals surface area contributed by atoms with Crippen molar-refractivity contribution < 1.29 is 22.8 Å². The Morgan fingerprint density at radius 3 is 2.56 bits per heavy atom. The van der Waals surface area contributed by atoms with Gasteiger partial charge < -0.3 is 5.32 Å². The van der Waals surface area contributed by atoms with Crippen molar-refractivity contribution in [1.29, 1.82) is 0 Å². The van der Waals surface area contributed by atoms with Crippen LogP contribution in [-0.2, 0) is 11.0 Å². The van der Waals surface area contributed by atoms with Gasteiger partial charge in [-0.2, -0.15) is 13.2 Å². The molecule has 0 atom stereocenters. The minimum Gasteiger partial charge on any atom is -0.323 e. The summed E-state index contributed by atoms with van der Waals surface area (Å²) in [5.41, 5.74) is -1.89. The van der Waals surface area contributed by atoms with Crippen LogP contribution in [0.2, 0.25) is 10.0 Å². The molecule has 1 aromatic carbocycles. The van der Waals surface area contributed by atoms with Crippen LogP contribution >= 0.6 is 23.2 Å². The van der Waals surface area contributed by atoms with E-state index in [1.165, 1.54) is 25.2 Å². The average Bonchev–Trinajstić information content (AvgIpc) is 2.55. The number of carbonyl (C=O) groups excluding carboxylic acids is 1. The molecular formula is C14H11Cl2F3N4O2. The SMILES string of the molecule is CON(C)C(=O)c1cnc(Nc2ccc(Cl)cc2Cl)nc1C(F)(F)F. The van der Waals surface area contributed by atoms with E-state index in [-0.39, 0.29) is 16.7 Å². The molecule has 2 rings (SSSR count). The quantitative estimate of drug-likeness (QED) is 0.787. The van der Waals surface area contributed by atoms with Gasteiger partial charge in [0.05, 0.1) is 23.4 Å². The largest absolute Gasteiger partial charge is 0.434 e. The van der Waals surface area contributed by atoms with Gasteiger partial charge in [0.15, 0.2) is 5.69 Å². The molecule has 0 unspecified atom stereocenters. The van der Waals surface area contributed by atoms with Crippen molar-refractivity contribution in [2.75, 3.05) is 19.5 Å².